The Balaban J connectivity index is 1.95. The van der Waals surface area contributed by atoms with Crippen LogP contribution in [0.2, 0.25) is 0 Å². The maximum atomic E-state index is 11.7. The van der Waals surface area contributed by atoms with Crippen molar-refractivity contribution in [3.05, 3.63) is 45.2 Å². The first kappa shape index (κ1) is 16.6. The molecule has 1 N–H and O–H groups in total. The molecule has 0 spiro atoms. The van der Waals surface area contributed by atoms with E-state index in [0.717, 1.165) is 48.9 Å². The summed E-state index contributed by atoms with van der Waals surface area (Å²) >= 11 is 3.37. The fourth-order valence-electron chi connectivity index (χ4n) is 2.81. The van der Waals surface area contributed by atoms with E-state index in [0.29, 0.717) is 5.82 Å². The van der Waals surface area contributed by atoms with Crippen LogP contribution in [0.25, 0.3) is 0 Å². The third kappa shape index (κ3) is 3.81. The van der Waals surface area contributed by atoms with Crippen LogP contribution < -0.4 is 10.2 Å². The number of rotatable bonds is 4. The molecule has 24 heavy (non-hydrogen) atoms. The standard InChI is InChI=1S/C16H18BrN5O2/c17-12-5-7-13(8-6-12)20-15-14(22(23)24)16(19-11-18-15)21-9-3-1-2-4-10-21/h5-8,11H,1-4,9-10H2,(H,18,19,20). The first-order valence-electron chi connectivity index (χ1n) is 7.92. The molecule has 0 aliphatic carbocycles. The number of benzene rings is 1. The Kier molecular flexibility index (Phi) is 5.24. The Labute approximate surface area is 148 Å². The molecule has 0 radical (unpaired) electrons. The summed E-state index contributed by atoms with van der Waals surface area (Å²) in [7, 11) is 0. The van der Waals surface area contributed by atoms with Gasteiger partial charge < -0.3 is 10.2 Å². The maximum absolute atomic E-state index is 11.7. The summed E-state index contributed by atoms with van der Waals surface area (Å²) in [5.41, 5.74) is 0.670. The van der Waals surface area contributed by atoms with Crippen LogP contribution in [0.15, 0.2) is 35.1 Å². The normalized spacial score (nSPS) is 15.0. The van der Waals surface area contributed by atoms with Crippen LogP contribution in [0.4, 0.5) is 23.0 Å². The zero-order valence-electron chi connectivity index (χ0n) is 13.1. The number of halogens is 1. The molecule has 1 aliphatic heterocycles. The van der Waals surface area contributed by atoms with Crippen LogP contribution in [0.1, 0.15) is 25.7 Å². The molecule has 2 aromatic rings. The van der Waals surface area contributed by atoms with Gasteiger partial charge in [0.15, 0.2) is 0 Å². The minimum Gasteiger partial charge on any atom is -0.351 e. The predicted molar refractivity (Wildman–Crippen MR) is 96.8 cm³/mol. The first-order chi connectivity index (χ1) is 11.6. The highest BCUT2D eigenvalue weighted by Gasteiger charge is 2.27. The quantitative estimate of drug-likeness (QED) is 0.618. The van der Waals surface area contributed by atoms with Crippen LogP contribution in [-0.4, -0.2) is 28.0 Å². The van der Waals surface area contributed by atoms with Crippen molar-refractivity contribution in [2.24, 2.45) is 0 Å². The Morgan fingerprint density at radius 3 is 2.38 bits per heavy atom. The van der Waals surface area contributed by atoms with Gasteiger partial charge in [0.05, 0.1) is 4.92 Å². The summed E-state index contributed by atoms with van der Waals surface area (Å²) in [6.45, 7) is 1.57. The topological polar surface area (TPSA) is 84.2 Å². The molecule has 8 heteroatoms. The fraction of sp³-hybridized carbons (Fsp3) is 0.375. The highest BCUT2D eigenvalue weighted by atomic mass is 79.9. The van der Waals surface area contributed by atoms with E-state index in [1.54, 1.807) is 0 Å². The van der Waals surface area contributed by atoms with Crippen LogP contribution in [0.3, 0.4) is 0 Å². The monoisotopic (exact) mass is 391 g/mol. The highest BCUT2D eigenvalue weighted by molar-refractivity contribution is 9.10. The minimum absolute atomic E-state index is 0.0673. The Hall–Kier alpha value is -2.22. The zero-order valence-corrected chi connectivity index (χ0v) is 14.7. The third-order valence-electron chi connectivity index (χ3n) is 4.00. The lowest BCUT2D eigenvalue weighted by Crippen LogP contribution is -2.26. The summed E-state index contributed by atoms with van der Waals surface area (Å²) in [4.78, 5) is 21.6. The third-order valence-corrected chi connectivity index (χ3v) is 4.53. The van der Waals surface area contributed by atoms with Crippen molar-refractivity contribution in [2.75, 3.05) is 23.3 Å². The largest absolute Gasteiger partial charge is 0.353 e. The van der Waals surface area contributed by atoms with Crippen LogP contribution >= 0.6 is 15.9 Å². The van der Waals surface area contributed by atoms with Crippen molar-refractivity contribution in [3.8, 4) is 0 Å². The molecule has 0 atom stereocenters. The highest BCUT2D eigenvalue weighted by Crippen LogP contribution is 2.34. The van der Waals surface area contributed by atoms with Crippen molar-refractivity contribution < 1.29 is 4.92 Å². The Bertz CT molecular complexity index is 715. The van der Waals surface area contributed by atoms with E-state index in [-0.39, 0.29) is 11.5 Å². The van der Waals surface area contributed by atoms with Crippen molar-refractivity contribution in [3.63, 3.8) is 0 Å². The number of nitro groups is 1. The van der Waals surface area contributed by atoms with E-state index in [1.807, 2.05) is 29.2 Å². The van der Waals surface area contributed by atoms with Gasteiger partial charge in [0.25, 0.3) is 0 Å². The molecule has 0 amide bonds. The van der Waals surface area contributed by atoms with Gasteiger partial charge in [-0.2, -0.15) is 0 Å². The van der Waals surface area contributed by atoms with Gasteiger partial charge in [-0.05, 0) is 37.1 Å². The Morgan fingerprint density at radius 2 is 1.75 bits per heavy atom. The lowest BCUT2D eigenvalue weighted by Gasteiger charge is -2.21. The van der Waals surface area contributed by atoms with E-state index in [9.17, 15) is 10.1 Å². The van der Waals surface area contributed by atoms with E-state index >= 15 is 0 Å². The second kappa shape index (κ2) is 7.57. The van der Waals surface area contributed by atoms with Gasteiger partial charge in [0.2, 0.25) is 11.6 Å². The second-order valence-corrected chi connectivity index (χ2v) is 6.60. The molecule has 7 nitrogen and oxygen atoms in total. The van der Waals surface area contributed by atoms with Gasteiger partial charge in [0.1, 0.15) is 6.33 Å². The zero-order chi connectivity index (χ0) is 16.9. The van der Waals surface area contributed by atoms with E-state index in [2.05, 4.69) is 31.2 Å². The smallest absolute Gasteiger partial charge is 0.351 e. The lowest BCUT2D eigenvalue weighted by atomic mass is 10.2. The summed E-state index contributed by atoms with van der Waals surface area (Å²) in [6.07, 6.45) is 5.74. The molecule has 1 aromatic heterocycles. The number of hydrogen-bond acceptors (Lipinski definition) is 6. The van der Waals surface area contributed by atoms with Gasteiger partial charge in [-0.25, -0.2) is 9.97 Å². The molecular weight excluding hydrogens is 374 g/mol. The maximum Gasteiger partial charge on any atom is 0.353 e. The summed E-state index contributed by atoms with van der Waals surface area (Å²) in [5, 5.41) is 14.7. The molecule has 0 saturated carbocycles. The molecule has 1 aliphatic rings. The van der Waals surface area contributed by atoms with Crippen molar-refractivity contribution in [1.29, 1.82) is 0 Å². The molecular formula is C16H18BrN5O2. The van der Waals surface area contributed by atoms with Crippen LogP contribution in [0.5, 0.6) is 0 Å². The molecule has 1 saturated heterocycles. The van der Waals surface area contributed by atoms with Gasteiger partial charge >= 0.3 is 5.69 Å². The van der Waals surface area contributed by atoms with Gasteiger partial charge in [0, 0.05) is 23.2 Å². The number of anilines is 3. The summed E-state index contributed by atoms with van der Waals surface area (Å²) < 4.78 is 0.940. The number of nitrogens with zero attached hydrogens (tertiary/aromatic N) is 4. The van der Waals surface area contributed by atoms with Crippen LogP contribution in [-0.2, 0) is 0 Å². The van der Waals surface area contributed by atoms with Gasteiger partial charge in [-0.1, -0.05) is 28.8 Å². The first-order valence-corrected chi connectivity index (χ1v) is 8.71. The average molecular weight is 392 g/mol. The van der Waals surface area contributed by atoms with E-state index in [4.69, 9.17) is 0 Å². The molecule has 0 bridgehead atoms. The minimum atomic E-state index is -0.401. The summed E-state index contributed by atoms with van der Waals surface area (Å²) in [5.74, 6) is 0.619. The van der Waals surface area contributed by atoms with Crippen molar-refractivity contribution in [1.82, 2.24) is 9.97 Å². The fourth-order valence-corrected chi connectivity index (χ4v) is 3.08. The second-order valence-electron chi connectivity index (χ2n) is 5.68. The average Bonchev–Trinajstić information content (AvgIpc) is 2.86. The SMILES string of the molecule is O=[N+]([O-])c1c(Nc2ccc(Br)cc2)ncnc1N1CCCCCC1. The predicted octanol–water partition coefficient (Wildman–Crippen LogP) is 4.27. The van der Waals surface area contributed by atoms with Gasteiger partial charge in [-0.3, -0.25) is 10.1 Å². The van der Waals surface area contributed by atoms with Gasteiger partial charge in [-0.15, -0.1) is 0 Å². The number of nitrogens with one attached hydrogen (secondary N) is 1. The van der Waals surface area contributed by atoms with E-state index in [1.165, 1.54) is 6.33 Å². The lowest BCUT2D eigenvalue weighted by molar-refractivity contribution is -0.383. The molecule has 0 unspecified atom stereocenters. The van der Waals surface area contributed by atoms with E-state index < -0.39 is 4.92 Å². The van der Waals surface area contributed by atoms with Crippen molar-refractivity contribution in [2.45, 2.75) is 25.7 Å². The van der Waals surface area contributed by atoms with Crippen LogP contribution in [0, 0.1) is 10.1 Å². The molecule has 3 rings (SSSR count). The summed E-state index contributed by atoms with van der Waals surface area (Å²) in [6, 6.07) is 7.40. The molecule has 126 valence electrons. The number of hydrogen-bond donors (Lipinski definition) is 1. The number of aromatic nitrogens is 2. The molecule has 2 heterocycles. The molecule has 1 aromatic carbocycles. The Morgan fingerprint density at radius 1 is 1.08 bits per heavy atom. The van der Waals surface area contributed by atoms with Crippen molar-refractivity contribution >= 4 is 38.9 Å². The molecule has 1 fully saturated rings.